The van der Waals surface area contributed by atoms with E-state index in [0.717, 1.165) is 18.5 Å². The lowest BCUT2D eigenvalue weighted by molar-refractivity contribution is 0.251. The van der Waals surface area contributed by atoms with Crippen LogP contribution in [0, 0.1) is 5.82 Å². The van der Waals surface area contributed by atoms with E-state index in [9.17, 15) is 9.18 Å². The van der Waals surface area contributed by atoms with Crippen LogP contribution in [0.1, 0.15) is 18.4 Å². The third kappa shape index (κ3) is 3.94. The second-order valence-corrected chi connectivity index (χ2v) is 5.25. The van der Waals surface area contributed by atoms with Crippen molar-refractivity contribution < 1.29 is 9.18 Å². The lowest BCUT2D eigenvalue weighted by Gasteiger charge is -2.09. The fourth-order valence-electron chi connectivity index (χ4n) is 1.98. The summed E-state index contributed by atoms with van der Waals surface area (Å²) in [4.78, 5) is 15.7. The van der Waals surface area contributed by atoms with E-state index in [-0.39, 0.29) is 11.8 Å². The molecule has 2 amide bonds. The zero-order chi connectivity index (χ0) is 15.4. The maximum absolute atomic E-state index is 13.5. The molecule has 1 saturated carbocycles. The van der Waals surface area contributed by atoms with E-state index < -0.39 is 0 Å². The molecule has 3 N–H and O–H groups in total. The molecule has 5 nitrogen and oxygen atoms in total. The number of benzene rings is 1. The molecule has 1 fully saturated rings. The Bertz CT molecular complexity index is 655. The number of hydrogen-bond donors (Lipinski definition) is 3. The Morgan fingerprint density at radius 2 is 2.05 bits per heavy atom. The van der Waals surface area contributed by atoms with Crippen LogP contribution in [0.15, 0.2) is 42.6 Å². The lowest BCUT2D eigenvalue weighted by Crippen LogP contribution is -2.30. The van der Waals surface area contributed by atoms with Crippen molar-refractivity contribution >= 4 is 17.5 Å². The summed E-state index contributed by atoms with van der Waals surface area (Å²) in [6, 6.07) is 10.2. The van der Waals surface area contributed by atoms with Crippen LogP contribution in [-0.4, -0.2) is 17.1 Å². The monoisotopic (exact) mass is 300 g/mol. The Hall–Kier alpha value is -2.63. The summed E-state index contributed by atoms with van der Waals surface area (Å²) in [5.41, 5.74) is 1.35. The summed E-state index contributed by atoms with van der Waals surface area (Å²) >= 11 is 0. The third-order valence-corrected chi connectivity index (χ3v) is 3.36. The first-order valence-electron chi connectivity index (χ1n) is 7.21. The molecule has 22 heavy (non-hydrogen) atoms. The van der Waals surface area contributed by atoms with Gasteiger partial charge in [0.05, 0.1) is 11.9 Å². The fraction of sp³-hybridized carbons (Fsp3) is 0.250. The van der Waals surface area contributed by atoms with E-state index in [1.54, 1.807) is 36.5 Å². The molecule has 1 aliphatic carbocycles. The smallest absolute Gasteiger partial charge is 0.320 e. The molecule has 0 aliphatic heterocycles. The Balaban J connectivity index is 1.52. The lowest BCUT2D eigenvalue weighted by atomic mass is 10.2. The maximum atomic E-state index is 13.5. The van der Waals surface area contributed by atoms with E-state index in [0.29, 0.717) is 24.0 Å². The summed E-state index contributed by atoms with van der Waals surface area (Å²) in [5.74, 6) is 0.243. The van der Waals surface area contributed by atoms with Crippen LogP contribution in [0.5, 0.6) is 0 Å². The van der Waals surface area contributed by atoms with Crippen molar-refractivity contribution in [3.63, 3.8) is 0 Å². The molecule has 2 aromatic rings. The van der Waals surface area contributed by atoms with Gasteiger partial charge in [0.15, 0.2) is 0 Å². The van der Waals surface area contributed by atoms with E-state index in [1.165, 1.54) is 6.07 Å². The number of nitrogens with zero attached hydrogens (tertiary/aromatic N) is 1. The molecule has 0 bridgehead atoms. The normalized spacial score (nSPS) is 13.5. The van der Waals surface area contributed by atoms with E-state index >= 15 is 0 Å². The SMILES string of the molecule is O=C(Nc1ccc(NCc2ccccc2F)cn1)NC1CC1. The minimum absolute atomic E-state index is 0.234. The van der Waals surface area contributed by atoms with Gasteiger partial charge in [-0.25, -0.2) is 14.2 Å². The summed E-state index contributed by atoms with van der Waals surface area (Å²) in [6.45, 7) is 0.378. The molecular weight excluding hydrogens is 283 g/mol. The van der Waals surface area contributed by atoms with Gasteiger partial charge in [-0.05, 0) is 31.0 Å². The Kier molecular flexibility index (Phi) is 4.18. The average molecular weight is 300 g/mol. The average Bonchev–Trinajstić information content (AvgIpc) is 3.32. The van der Waals surface area contributed by atoms with Gasteiger partial charge in [0.1, 0.15) is 11.6 Å². The first-order chi connectivity index (χ1) is 10.7. The third-order valence-electron chi connectivity index (χ3n) is 3.36. The zero-order valence-corrected chi connectivity index (χ0v) is 12.0. The number of hydrogen-bond acceptors (Lipinski definition) is 3. The van der Waals surface area contributed by atoms with Crippen LogP contribution >= 0.6 is 0 Å². The van der Waals surface area contributed by atoms with Crippen LogP contribution in [0.4, 0.5) is 20.7 Å². The summed E-state index contributed by atoms with van der Waals surface area (Å²) < 4.78 is 13.5. The van der Waals surface area contributed by atoms with Crippen molar-refractivity contribution in [1.82, 2.24) is 10.3 Å². The number of aromatic nitrogens is 1. The van der Waals surface area contributed by atoms with Gasteiger partial charge in [0.25, 0.3) is 0 Å². The van der Waals surface area contributed by atoms with Crippen molar-refractivity contribution in [2.75, 3.05) is 10.6 Å². The highest BCUT2D eigenvalue weighted by Gasteiger charge is 2.23. The highest BCUT2D eigenvalue weighted by atomic mass is 19.1. The van der Waals surface area contributed by atoms with Gasteiger partial charge in [-0.1, -0.05) is 18.2 Å². The van der Waals surface area contributed by atoms with Gasteiger partial charge in [-0.2, -0.15) is 0 Å². The second kappa shape index (κ2) is 6.43. The van der Waals surface area contributed by atoms with Gasteiger partial charge in [-0.15, -0.1) is 0 Å². The predicted octanol–water partition coefficient (Wildman–Crippen LogP) is 3.12. The topological polar surface area (TPSA) is 66.0 Å². The number of amides is 2. The number of pyridine rings is 1. The Labute approximate surface area is 128 Å². The summed E-state index contributed by atoms with van der Waals surface area (Å²) in [6.07, 6.45) is 3.69. The molecule has 6 heteroatoms. The van der Waals surface area contributed by atoms with Crippen LogP contribution in [0.25, 0.3) is 0 Å². The molecule has 0 radical (unpaired) electrons. The molecule has 0 atom stereocenters. The first kappa shape index (κ1) is 14.3. The molecule has 1 heterocycles. The Morgan fingerprint density at radius 1 is 1.23 bits per heavy atom. The van der Waals surface area contributed by atoms with Crippen molar-refractivity contribution in [2.24, 2.45) is 0 Å². The molecule has 3 rings (SSSR count). The number of carbonyl (C=O) groups is 1. The van der Waals surface area contributed by atoms with Gasteiger partial charge in [0.2, 0.25) is 0 Å². The van der Waals surface area contributed by atoms with Crippen LogP contribution in [0.3, 0.4) is 0 Å². The van der Waals surface area contributed by atoms with Gasteiger partial charge in [0, 0.05) is 18.2 Å². The molecule has 0 saturated heterocycles. The second-order valence-electron chi connectivity index (χ2n) is 5.25. The highest BCUT2D eigenvalue weighted by molar-refractivity contribution is 5.88. The van der Waals surface area contributed by atoms with Crippen LogP contribution < -0.4 is 16.0 Å². The predicted molar refractivity (Wildman–Crippen MR) is 83.1 cm³/mol. The summed E-state index contributed by atoms with van der Waals surface area (Å²) in [5, 5.41) is 8.59. The Morgan fingerprint density at radius 3 is 2.73 bits per heavy atom. The minimum Gasteiger partial charge on any atom is -0.380 e. The molecule has 0 spiro atoms. The van der Waals surface area contributed by atoms with Crippen molar-refractivity contribution in [2.45, 2.75) is 25.4 Å². The van der Waals surface area contributed by atoms with Gasteiger partial charge in [-0.3, -0.25) is 5.32 Å². The van der Waals surface area contributed by atoms with E-state index in [4.69, 9.17) is 0 Å². The molecule has 1 aromatic carbocycles. The van der Waals surface area contributed by atoms with Crippen LogP contribution in [0.2, 0.25) is 0 Å². The standard InChI is InChI=1S/C16H17FN4O/c17-14-4-2-1-3-11(14)9-18-13-7-8-15(19-10-13)21-16(22)20-12-5-6-12/h1-4,7-8,10,12,18H,5-6,9H2,(H2,19,20,21,22). The van der Waals surface area contributed by atoms with Crippen LogP contribution in [-0.2, 0) is 6.54 Å². The summed E-state index contributed by atoms with van der Waals surface area (Å²) in [7, 11) is 0. The number of carbonyl (C=O) groups excluding carboxylic acids is 1. The number of anilines is 2. The number of halogens is 1. The highest BCUT2D eigenvalue weighted by Crippen LogP contribution is 2.19. The van der Waals surface area contributed by atoms with Gasteiger partial charge >= 0.3 is 6.03 Å². The fourth-order valence-corrected chi connectivity index (χ4v) is 1.98. The number of nitrogens with one attached hydrogen (secondary N) is 3. The molecule has 0 unspecified atom stereocenters. The van der Waals surface area contributed by atoms with E-state index in [2.05, 4.69) is 20.9 Å². The molecule has 114 valence electrons. The largest absolute Gasteiger partial charge is 0.380 e. The van der Waals surface area contributed by atoms with Crippen molar-refractivity contribution in [1.29, 1.82) is 0 Å². The zero-order valence-electron chi connectivity index (χ0n) is 12.0. The number of urea groups is 1. The van der Waals surface area contributed by atoms with Crippen molar-refractivity contribution in [3.8, 4) is 0 Å². The molecule has 1 aromatic heterocycles. The first-order valence-corrected chi connectivity index (χ1v) is 7.21. The minimum atomic E-state index is -0.238. The molecule has 1 aliphatic rings. The quantitative estimate of drug-likeness (QED) is 0.795. The number of rotatable bonds is 5. The van der Waals surface area contributed by atoms with E-state index in [1.807, 2.05) is 0 Å². The molecular formula is C16H17FN4O. The van der Waals surface area contributed by atoms with Crippen molar-refractivity contribution in [3.05, 3.63) is 54.0 Å². The van der Waals surface area contributed by atoms with Gasteiger partial charge < -0.3 is 10.6 Å². The maximum Gasteiger partial charge on any atom is 0.320 e.